The molecule has 1 heterocycles. The molecule has 0 fully saturated rings. The van der Waals surface area contributed by atoms with Gasteiger partial charge in [-0.25, -0.2) is 0 Å². The maximum absolute atomic E-state index is 12.8. The molecule has 0 radical (unpaired) electrons. The van der Waals surface area contributed by atoms with Crippen molar-refractivity contribution in [2.75, 3.05) is 5.32 Å². The zero-order valence-corrected chi connectivity index (χ0v) is 17.0. The number of amides is 1. The molecule has 0 aliphatic rings. The standard InChI is InChI=1S/C20H21Cl2N5O/c1-3-18(25-12-14-4-5-16(21)17(22)10-14)27-20(28)19(13(2)11-23)26-15-6-8-24-9-7-15/h3-11,23,25H,12H2,1-2H3,(H,24,26)(H,27,28)/b18-3+,19-13-,23-11?. The predicted octanol–water partition coefficient (Wildman–Crippen LogP) is 4.49. The van der Waals surface area contributed by atoms with E-state index in [4.69, 9.17) is 28.6 Å². The van der Waals surface area contributed by atoms with Crippen molar-refractivity contribution in [2.45, 2.75) is 20.4 Å². The minimum atomic E-state index is -0.368. The number of aromatic nitrogens is 1. The second kappa shape index (κ2) is 10.5. The Hall–Kier alpha value is -2.83. The van der Waals surface area contributed by atoms with E-state index in [-0.39, 0.29) is 11.6 Å². The van der Waals surface area contributed by atoms with E-state index in [9.17, 15) is 4.79 Å². The largest absolute Gasteiger partial charge is 0.368 e. The number of hydrogen-bond acceptors (Lipinski definition) is 5. The first kappa shape index (κ1) is 21.5. The molecule has 1 aromatic carbocycles. The van der Waals surface area contributed by atoms with Crippen molar-refractivity contribution in [1.82, 2.24) is 15.6 Å². The molecule has 2 rings (SSSR count). The summed E-state index contributed by atoms with van der Waals surface area (Å²) in [6, 6.07) is 8.82. The first-order valence-corrected chi connectivity index (χ1v) is 9.24. The maximum Gasteiger partial charge on any atom is 0.273 e. The average Bonchev–Trinajstić information content (AvgIpc) is 2.71. The fourth-order valence-corrected chi connectivity index (χ4v) is 2.56. The second-order valence-corrected chi connectivity index (χ2v) is 6.64. The lowest BCUT2D eigenvalue weighted by molar-refractivity contribution is -0.116. The topological polar surface area (TPSA) is 89.9 Å². The molecular weight excluding hydrogens is 397 g/mol. The van der Waals surface area contributed by atoms with Crippen LogP contribution in [0.3, 0.4) is 0 Å². The Bertz CT molecular complexity index is 910. The van der Waals surface area contributed by atoms with Crippen LogP contribution in [0.15, 0.2) is 65.9 Å². The number of carbonyl (C=O) groups excluding carboxylic acids is 1. The average molecular weight is 418 g/mol. The van der Waals surface area contributed by atoms with Gasteiger partial charge in [-0.2, -0.15) is 0 Å². The summed E-state index contributed by atoms with van der Waals surface area (Å²) in [7, 11) is 0. The fourth-order valence-electron chi connectivity index (χ4n) is 2.24. The lowest BCUT2D eigenvalue weighted by atomic mass is 10.2. The minimum Gasteiger partial charge on any atom is -0.368 e. The highest BCUT2D eigenvalue weighted by Gasteiger charge is 2.14. The van der Waals surface area contributed by atoms with Gasteiger partial charge >= 0.3 is 0 Å². The Morgan fingerprint density at radius 3 is 2.50 bits per heavy atom. The van der Waals surface area contributed by atoms with Gasteiger partial charge in [0, 0.05) is 30.8 Å². The van der Waals surface area contributed by atoms with E-state index < -0.39 is 0 Å². The molecule has 0 aliphatic heterocycles. The van der Waals surface area contributed by atoms with Crippen LogP contribution in [0.1, 0.15) is 19.4 Å². The lowest BCUT2D eigenvalue weighted by Gasteiger charge is -2.16. The second-order valence-electron chi connectivity index (χ2n) is 5.82. The summed E-state index contributed by atoms with van der Waals surface area (Å²) >= 11 is 12.0. The Kier molecular flexibility index (Phi) is 8.04. The third-order valence-corrected chi connectivity index (χ3v) is 4.53. The molecule has 6 nitrogen and oxygen atoms in total. The van der Waals surface area contributed by atoms with Crippen LogP contribution in [0.25, 0.3) is 0 Å². The normalized spacial score (nSPS) is 12.1. The van der Waals surface area contributed by atoms with Gasteiger partial charge in [-0.15, -0.1) is 0 Å². The molecular formula is C20H21Cl2N5O. The third kappa shape index (κ3) is 6.11. The molecule has 0 spiro atoms. The number of nitrogens with one attached hydrogen (secondary N) is 4. The number of rotatable bonds is 8. The van der Waals surface area contributed by atoms with Crippen LogP contribution < -0.4 is 16.0 Å². The van der Waals surface area contributed by atoms with Crippen molar-refractivity contribution >= 4 is 41.0 Å². The number of pyridine rings is 1. The van der Waals surface area contributed by atoms with E-state index in [0.29, 0.717) is 33.7 Å². The number of halogens is 2. The van der Waals surface area contributed by atoms with E-state index in [1.807, 2.05) is 6.07 Å². The smallest absolute Gasteiger partial charge is 0.273 e. The van der Waals surface area contributed by atoms with Crippen LogP contribution in [-0.2, 0) is 11.3 Å². The molecule has 28 heavy (non-hydrogen) atoms. The monoisotopic (exact) mass is 417 g/mol. The molecule has 0 saturated carbocycles. The van der Waals surface area contributed by atoms with Gasteiger partial charge in [0.05, 0.1) is 10.0 Å². The number of nitrogens with zero attached hydrogens (tertiary/aromatic N) is 1. The van der Waals surface area contributed by atoms with Crippen molar-refractivity contribution < 1.29 is 4.79 Å². The van der Waals surface area contributed by atoms with E-state index >= 15 is 0 Å². The summed E-state index contributed by atoms with van der Waals surface area (Å²) in [6.45, 7) is 3.95. The Labute approximate surface area is 174 Å². The fraction of sp³-hybridized carbons (Fsp3) is 0.150. The quantitative estimate of drug-likeness (QED) is 0.376. The van der Waals surface area contributed by atoms with E-state index in [2.05, 4.69) is 20.9 Å². The van der Waals surface area contributed by atoms with Crippen LogP contribution in [0.2, 0.25) is 10.0 Å². The summed E-state index contributed by atoms with van der Waals surface area (Å²) in [5, 5.41) is 17.4. The predicted molar refractivity (Wildman–Crippen MR) is 115 cm³/mol. The van der Waals surface area contributed by atoms with Crippen LogP contribution in [0, 0.1) is 5.41 Å². The summed E-state index contributed by atoms with van der Waals surface area (Å²) in [5.74, 6) is 0.162. The van der Waals surface area contributed by atoms with Crippen molar-refractivity contribution in [1.29, 1.82) is 5.41 Å². The van der Waals surface area contributed by atoms with E-state index in [1.54, 1.807) is 56.6 Å². The third-order valence-electron chi connectivity index (χ3n) is 3.79. The van der Waals surface area contributed by atoms with Gasteiger partial charge in [-0.3, -0.25) is 9.78 Å². The number of anilines is 1. The molecule has 0 bridgehead atoms. The highest BCUT2D eigenvalue weighted by atomic mass is 35.5. The minimum absolute atomic E-state index is 0.275. The van der Waals surface area contributed by atoms with Gasteiger partial charge in [-0.1, -0.05) is 29.3 Å². The molecule has 1 amide bonds. The Balaban J connectivity index is 2.07. The number of hydrogen-bond donors (Lipinski definition) is 4. The first-order chi connectivity index (χ1) is 13.4. The Morgan fingerprint density at radius 2 is 1.89 bits per heavy atom. The highest BCUT2D eigenvalue weighted by molar-refractivity contribution is 6.42. The summed E-state index contributed by atoms with van der Waals surface area (Å²) in [6.07, 6.45) is 6.11. The van der Waals surface area contributed by atoms with Crippen LogP contribution >= 0.6 is 23.2 Å². The lowest BCUT2D eigenvalue weighted by Crippen LogP contribution is -2.34. The molecule has 2 aromatic rings. The maximum atomic E-state index is 12.8. The van der Waals surface area contributed by atoms with Crippen LogP contribution in [-0.4, -0.2) is 17.1 Å². The molecule has 1 aromatic heterocycles. The van der Waals surface area contributed by atoms with Gasteiger partial charge in [0.15, 0.2) is 0 Å². The SMILES string of the molecule is C/C=C(\NCc1ccc(Cl)c(Cl)c1)NC(=O)/C(Nc1ccncc1)=C(\C)C=N. The molecule has 0 atom stereocenters. The zero-order chi connectivity index (χ0) is 20.5. The van der Waals surface area contributed by atoms with Gasteiger partial charge in [-0.05, 0) is 55.3 Å². The molecule has 8 heteroatoms. The highest BCUT2D eigenvalue weighted by Crippen LogP contribution is 2.22. The number of allylic oxidation sites excluding steroid dienone is 2. The molecule has 146 valence electrons. The number of benzene rings is 1. The number of carbonyl (C=O) groups is 1. The first-order valence-electron chi connectivity index (χ1n) is 8.48. The summed E-state index contributed by atoms with van der Waals surface area (Å²) in [5.41, 5.74) is 2.39. The zero-order valence-electron chi connectivity index (χ0n) is 15.5. The van der Waals surface area contributed by atoms with Gasteiger partial charge in [0.2, 0.25) is 0 Å². The molecule has 0 saturated heterocycles. The van der Waals surface area contributed by atoms with Crippen molar-refractivity contribution in [3.8, 4) is 0 Å². The van der Waals surface area contributed by atoms with Crippen LogP contribution in [0.5, 0.6) is 0 Å². The molecule has 0 aliphatic carbocycles. The van der Waals surface area contributed by atoms with E-state index in [0.717, 1.165) is 11.8 Å². The molecule has 4 N–H and O–H groups in total. The van der Waals surface area contributed by atoms with E-state index in [1.165, 1.54) is 0 Å². The van der Waals surface area contributed by atoms with Gasteiger partial charge < -0.3 is 21.4 Å². The van der Waals surface area contributed by atoms with Crippen LogP contribution in [0.4, 0.5) is 5.69 Å². The molecule has 0 unspecified atom stereocenters. The van der Waals surface area contributed by atoms with Crippen molar-refractivity contribution in [3.63, 3.8) is 0 Å². The summed E-state index contributed by atoms with van der Waals surface area (Å²) < 4.78 is 0. The van der Waals surface area contributed by atoms with Crippen molar-refractivity contribution in [2.24, 2.45) is 0 Å². The van der Waals surface area contributed by atoms with Gasteiger partial charge in [0.25, 0.3) is 5.91 Å². The van der Waals surface area contributed by atoms with Crippen molar-refractivity contribution in [3.05, 3.63) is 81.5 Å². The summed E-state index contributed by atoms with van der Waals surface area (Å²) in [4.78, 5) is 16.7. The van der Waals surface area contributed by atoms with Gasteiger partial charge in [0.1, 0.15) is 11.5 Å². The Morgan fingerprint density at radius 1 is 1.18 bits per heavy atom.